The molecule has 1 amide bonds. The summed E-state index contributed by atoms with van der Waals surface area (Å²) in [7, 11) is 0. The number of amides is 1. The van der Waals surface area contributed by atoms with Crippen molar-refractivity contribution in [2.75, 3.05) is 19.6 Å². The average molecular weight is 256 g/mol. The second-order valence-electron chi connectivity index (χ2n) is 3.97. The summed E-state index contributed by atoms with van der Waals surface area (Å²) < 4.78 is 26.5. The maximum atomic E-state index is 13.5. The Morgan fingerprint density at radius 1 is 1.33 bits per heavy atom. The van der Waals surface area contributed by atoms with Crippen LogP contribution in [0.15, 0.2) is 18.2 Å². The fraction of sp³-hybridized carbons (Fsp3) is 0.462. The van der Waals surface area contributed by atoms with E-state index < -0.39 is 11.6 Å². The normalized spacial score (nSPS) is 10.7. The van der Waals surface area contributed by atoms with E-state index in [1.165, 1.54) is 12.1 Å². The number of hydrogen-bond donors (Lipinski definition) is 1. The Balaban J connectivity index is 2.68. The van der Waals surface area contributed by atoms with Crippen molar-refractivity contribution in [2.45, 2.75) is 20.4 Å². The zero-order chi connectivity index (χ0) is 13.5. The monoisotopic (exact) mass is 256 g/mol. The van der Waals surface area contributed by atoms with Crippen molar-refractivity contribution < 1.29 is 13.6 Å². The van der Waals surface area contributed by atoms with Crippen LogP contribution in [0, 0.1) is 11.6 Å². The van der Waals surface area contributed by atoms with E-state index in [9.17, 15) is 13.6 Å². The lowest BCUT2D eigenvalue weighted by molar-refractivity contribution is -0.122. The number of nitrogens with one attached hydrogen (secondary N) is 1. The number of halogens is 2. The largest absolute Gasteiger partial charge is 0.355 e. The maximum absolute atomic E-state index is 13.5. The van der Waals surface area contributed by atoms with Gasteiger partial charge in [0.1, 0.15) is 0 Å². The summed E-state index contributed by atoms with van der Waals surface area (Å²) in [6.45, 7) is 5.26. The highest BCUT2D eigenvalue weighted by Gasteiger charge is 2.13. The minimum atomic E-state index is -0.860. The molecule has 5 heteroatoms. The smallest absolute Gasteiger partial charge is 0.234 e. The van der Waals surface area contributed by atoms with Gasteiger partial charge in [-0.25, -0.2) is 8.78 Å². The summed E-state index contributed by atoms with van der Waals surface area (Å²) in [6, 6.07) is 4.07. The van der Waals surface area contributed by atoms with Crippen molar-refractivity contribution in [3.8, 4) is 0 Å². The van der Waals surface area contributed by atoms with Crippen molar-refractivity contribution in [3.63, 3.8) is 0 Å². The fourth-order valence-corrected chi connectivity index (χ4v) is 1.65. The molecular formula is C13H18F2N2O. The number of hydrogen-bond acceptors (Lipinski definition) is 2. The molecule has 1 rings (SSSR count). The van der Waals surface area contributed by atoms with Crippen LogP contribution in [0.2, 0.25) is 0 Å². The molecule has 0 bridgehead atoms. The third-order valence-corrected chi connectivity index (χ3v) is 2.61. The van der Waals surface area contributed by atoms with E-state index in [2.05, 4.69) is 5.32 Å². The second kappa shape index (κ2) is 7.06. The first-order valence-electron chi connectivity index (χ1n) is 6.00. The molecule has 0 atom stereocenters. The maximum Gasteiger partial charge on any atom is 0.234 e. The van der Waals surface area contributed by atoms with Crippen LogP contribution in [0.25, 0.3) is 0 Å². The predicted octanol–water partition coefficient (Wildman–Crippen LogP) is 1.92. The molecule has 0 saturated carbocycles. The molecule has 0 aliphatic heterocycles. The second-order valence-corrected chi connectivity index (χ2v) is 3.97. The molecule has 0 unspecified atom stereocenters. The minimum Gasteiger partial charge on any atom is -0.355 e. The Morgan fingerprint density at radius 2 is 2.06 bits per heavy atom. The lowest BCUT2D eigenvalue weighted by Crippen LogP contribution is -2.36. The SMILES string of the molecule is CCNC(=O)CN(CC)Cc1cccc(F)c1F. The Bertz CT molecular complexity index is 410. The molecule has 3 nitrogen and oxygen atoms in total. The Labute approximate surface area is 106 Å². The Hall–Kier alpha value is -1.49. The van der Waals surface area contributed by atoms with Gasteiger partial charge in [-0.3, -0.25) is 9.69 Å². The van der Waals surface area contributed by atoms with Crippen LogP contribution in [0.3, 0.4) is 0 Å². The zero-order valence-corrected chi connectivity index (χ0v) is 10.7. The van der Waals surface area contributed by atoms with Gasteiger partial charge in [0.2, 0.25) is 5.91 Å². The van der Waals surface area contributed by atoms with E-state index in [0.29, 0.717) is 13.1 Å². The molecule has 1 aromatic carbocycles. The Morgan fingerprint density at radius 3 is 2.67 bits per heavy atom. The predicted molar refractivity (Wildman–Crippen MR) is 66.0 cm³/mol. The van der Waals surface area contributed by atoms with Crippen LogP contribution < -0.4 is 5.32 Å². The summed E-state index contributed by atoms with van der Waals surface area (Å²) in [5.41, 5.74) is 0.265. The number of nitrogens with zero attached hydrogens (tertiary/aromatic N) is 1. The van der Waals surface area contributed by atoms with E-state index in [1.54, 1.807) is 4.90 Å². The number of carbonyl (C=O) groups excluding carboxylic acids is 1. The molecule has 1 N–H and O–H groups in total. The van der Waals surface area contributed by atoms with Gasteiger partial charge in [-0.15, -0.1) is 0 Å². The van der Waals surface area contributed by atoms with E-state index in [4.69, 9.17) is 0 Å². The van der Waals surface area contributed by atoms with Crippen LogP contribution in [0.4, 0.5) is 8.78 Å². The number of likely N-dealkylation sites (N-methyl/N-ethyl adjacent to an activating group) is 2. The molecule has 0 spiro atoms. The molecule has 1 aromatic rings. The van der Waals surface area contributed by atoms with Crippen molar-refractivity contribution >= 4 is 5.91 Å². The van der Waals surface area contributed by atoms with Crippen LogP contribution >= 0.6 is 0 Å². The van der Waals surface area contributed by atoms with E-state index in [-0.39, 0.29) is 24.6 Å². The third-order valence-electron chi connectivity index (χ3n) is 2.61. The highest BCUT2D eigenvalue weighted by molar-refractivity contribution is 5.77. The summed E-state index contributed by atoms with van der Waals surface area (Å²) in [5, 5.41) is 2.67. The molecular weight excluding hydrogens is 238 g/mol. The van der Waals surface area contributed by atoms with Crippen LogP contribution in [0.1, 0.15) is 19.4 Å². The van der Waals surface area contributed by atoms with Gasteiger partial charge in [-0.1, -0.05) is 19.1 Å². The molecule has 0 radical (unpaired) electrons. The highest BCUT2D eigenvalue weighted by atomic mass is 19.2. The van der Waals surface area contributed by atoms with Gasteiger partial charge in [-0.05, 0) is 19.5 Å². The average Bonchev–Trinajstić information content (AvgIpc) is 2.34. The number of carbonyl (C=O) groups is 1. The highest BCUT2D eigenvalue weighted by Crippen LogP contribution is 2.13. The van der Waals surface area contributed by atoms with E-state index in [0.717, 1.165) is 6.07 Å². The lowest BCUT2D eigenvalue weighted by Gasteiger charge is -2.20. The molecule has 0 heterocycles. The van der Waals surface area contributed by atoms with Gasteiger partial charge in [0, 0.05) is 18.7 Å². The van der Waals surface area contributed by atoms with Gasteiger partial charge in [0.05, 0.1) is 6.54 Å². The fourth-order valence-electron chi connectivity index (χ4n) is 1.65. The van der Waals surface area contributed by atoms with Gasteiger partial charge >= 0.3 is 0 Å². The zero-order valence-electron chi connectivity index (χ0n) is 10.7. The van der Waals surface area contributed by atoms with Crippen molar-refractivity contribution in [1.29, 1.82) is 0 Å². The van der Waals surface area contributed by atoms with Crippen molar-refractivity contribution in [2.24, 2.45) is 0 Å². The molecule has 0 aromatic heterocycles. The Kier molecular flexibility index (Phi) is 5.71. The van der Waals surface area contributed by atoms with Crippen molar-refractivity contribution in [1.82, 2.24) is 10.2 Å². The van der Waals surface area contributed by atoms with Gasteiger partial charge in [0.15, 0.2) is 11.6 Å². The topological polar surface area (TPSA) is 32.3 Å². The van der Waals surface area contributed by atoms with Crippen LogP contribution in [-0.2, 0) is 11.3 Å². The van der Waals surface area contributed by atoms with Gasteiger partial charge in [0.25, 0.3) is 0 Å². The first-order valence-corrected chi connectivity index (χ1v) is 6.00. The first kappa shape index (κ1) is 14.6. The number of benzene rings is 1. The summed E-state index contributed by atoms with van der Waals surface area (Å²) in [4.78, 5) is 13.2. The van der Waals surface area contributed by atoms with Crippen LogP contribution in [-0.4, -0.2) is 30.4 Å². The van der Waals surface area contributed by atoms with Gasteiger partial charge in [-0.2, -0.15) is 0 Å². The standard InChI is InChI=1S/C13H18F2N2O/c1-3-16-12(18)9-17(4-2)8-10-6-5-7-11(14)13(10)15/h5-7H,3-4,8-9H2,1-2H3,(H,16,18). The molecule has 18 heavy (non-hydrogen) atoms. The summed E-state index contributed by atoms with van der Waals surface area (Å²) in [5.74, 6) is -1.82. The number of rotatable bonds is 6. The van der Waals surface area contributed by atoms with E-state index >= 15 is 0 Å². The minimum absolute atomic E-state index is 0.115. The summed E-state index contributed by atoms with van der Waals surface area (Å²) >= 11 is 0. The van der Waals surface area contributed by atoms with Crippen LogP contribution in [0.5, 0.6) is 0 Å². The molecule has 0 fully saturated rings. The molecule has 0 aliphatic rings. The van der Waals surface area contributed by atoms with E-state index in [1.807, 2.05) is 13.8 Å². The molecule has 0 saturated heterocycles. The molecule has 100 valence electrons. The third kappa shape index (κ3) is 4.07. The quantitative estimate of drug-likeness (QED) is 0.843. The van der Waals surface area contributed by atoms with Crippen molar-refractivity contribution in [3.05, 3.63) is 35.4 Å². The summed E-state index contributed by atoms with van der Waals surface area (Å²) in [6.07, 6.45) is 0. The first-order chi connectivity index (χ1) is 8.58. The lowest BCUT2D eigenvalue weighted by atomic mass is 10.2. The molecule has 0 aliphatic carbocycles. The van der Waals surface area contributed by atoms with Gasteiger partial charge < -0.3 is 5.32 Å².